The van der Waals surface area contributed by atoms with E-state index in [0.717, 1.165) is 6.20 Å². The third-order valence-corrected chi connectivity index (χ3v) is 2.71. The molecule has 0 radical (unpaired) electrons. The Balaban J connectivity index is 3.01. The number of halogens is 3. The molecule has 1 rings (SSSR count). The summed E-state index contributed by atoms with van der Waals surface area (Å²) in [5, 5.41) is 11.5. The number of aryl methyl sites for hydroxylation is 1. The number of hydrogen-bond donors (Lipinski definition) is 1. The minimum atomic E-state index is -4.42. The van der Waals surface area contributed by atoms with Crippen molar-refractivity contribution in [2.45, 2.75) is 26.4 Å². The van der Waals surface area contributed by atoms with E-state index in [4.69, 9.17) is 5.26 Å². The zero-order valence-corrected chi connectivity index (χ0v) is 12.2. The van der Waals surface area contributed by atoms with Crippen LogP contribution in [0.25, 0.3) is 0 Å². The summed E-state index contributed by atoms with van der Waals surface area (Å²) in [4.78, 5) is 7.62. The molecule has 0 aromatic carbocycles. The van der Waals surface area contributed by atoms with Crippen molar-refractivity contribution < 1.29 is 13.2 Å². The molecule has 0 bridgehead atoms. The molecule has 0 amide bonds. The highest BCUT2D eigenvalue weighted by atomic mass is 19.4. The van der Waals surface area contributed by atoms with Gasteiger partial charge >= 0.3 is 6.18 Å². The van der Waals surface area contributed by atoms with Gasteiger partial charge in [-0.2, -0.15) is 18.4 Å². The van der Waals surface area contributed by atoms with Crippen LogP contribution in [0.2, 0.25) is 0 Å². The van der Waals surface area contributed by atoms with Gasteiger partial charge in [0.1, 0.15) is 17.6 Å². The maximum atomic E-state index is 12.8. The summed E-state index contributed by atoms with van der Waals surface area (Å²) in [6.45, 7) is 6.73. The van der Waals surface area contributed by atoms with Crippen LogP contribution >= 0.6 is 0 Å². The first-order chi connectivity index (χ1) is 10.3. The summed E-state index contributed by atoms with van der Waals surface area (Å²) < 4.78 is 38.4. The van der Waals surface area contributed by atoms with Gasteiger partial charge in [0.2, 0.25) is 0 Å². The molecular formula is C15H15F3N4. The first-order valence-corrected chi connectivity index (χ1v) is 6.42. The molecule has 0 spiro atoms. The second-order valence-corrected chi connectivity index (χ2v) is 4.35. The zero-order chi connectivity index (χ0) is 16.8. The average molecular weight is 308 g/mol. The molecule has 4 nitrogen and oxygen atoms in total. The second-order valence-electron chi connectivity index (χ2n) is 4.35. The Morgan fingerprint density at radius 3 is 2.73 bits per heavy atom. The summed E-state index contributed by atoms with van der Waals surface area (Å²) in [7, 11) is 0. The van der Waals surface area contributed by atoms with Crippen molar-refractivity contribution in [1.29, 1.82) is 5.26 Å². The standard InChI is InChI=1S/C15H15F3N4/c1-4-11-6-14(21-9-13(11)15(16,17)18)22-10(3)8-20-12(5-2)7-19/h5-6,8-9H,2,4H2,1,3H3,(H,21,22)/b10-8+,20-12?. The molecule has 0 saturated heterocycles. The quantitative estimate of drug-likeness (QED) is 0.833. The molecule has 0 aliphatic carbocycles. The van der Waals surface area contributed by atoms with Crippen LogP contribution in [-0.4, -0.2) is 10.7 Å². The number of anilines is 1. The van der Waals surface area contributed by atoms with Crippen molar-refractivity contribution in [3.05, 3.63) is 47.9 Å². The lowest BCUT2D eigenvalue weighted by atomic mass is 10.1. The van der Waals surface area contributed by atoms with Crippen LogP contribution in [0.3, 0.4) is 0 Å². The van der Waals surface area contributed by atoms with E-state index in [1.807, 2.05) is 6.07 Å². The van der Waals surface area contributed by atoms with Gasteiger partial charge in [0.15, 0.2) is 0 Å². The molecule has 1 aromatic rings. The van der Waals surface area contributed by atoms with Gasteiger partial charge < -0.3 is 5.32 Å². The minimum absolute atomic E-state index is 0.135. The fourth-order valence-electron chi connectivity index (χ4n) is 1.64. The first-order valence-electron chi connectivity index (χ1n) is 6.42. The maximum Gasteiger partial charge on any atom is 0.418 e. The van der Waals surface area contributed by atoms with Crippen molar-refractivity contribution in [2.75, 3.05) is 5.32 Å². The lowest BCUT2D eigenvalue weighted by Gasteiger charge is -2.13. The Hall–Kier alpha value is -2.62. The predicted molar refractivity (Wildman–Crippen MR) is 79.2 cm³/mol. The smallest absolute Gasteiger partial charge is 0.343 e. The molecule has 0 aliphatic rings. The fraction of sp³-hybridized carbons (Fsp3) is 0.267. The highest BCUT2D eigenvalue weighted by molar-refractivity contribution is 6.07. The molecular weight excluding hydrogens is 293 g/mol. The number of rotatable bonds is 5. The number of nitriles is 1. The molecule has 0 saturated carbocycles. The van der Waals surface area contributed by atoms with Crippen LogP contribution in [-0.2, 0) is 12.6 Å². The number of nitrogens with zero attached hydrogens (tertiary/aromatic N) is 3. The largest absolute Gasteiger partial charge is 0.418 e. The Morgan fingerprint density at radius 1 is 1.55 bits per heavy atom. The Bertz CT molecular complexity index is 652. The lowest BCUT2D eigenvalue weighted by molar-refractivity contribution is -0.138. The van der Waals surface area contributed by atoms with Crippen molar-refractivity contribution >= 4 is 11.5 Å². The van der Waals surface area contributed by atoms with E-state index >= 15 is 0 Å². The van der Waals surface area contributed by atoms with E-state index in [9.17, 15) is 13.2 Å². The molecule has 0 unspecified atom stereocenters. The van der Waals surface area contributed by atoms with Gasteiger partial charge in [0, 0.05) is 18.1 Å². The molecule has 1 aromatic heterocycles. The fourth-order valence-corrected chi connectivity index (χ4v) is 1.64. The summed E-state index contributed by atoms with van der Waals surface area (Å²) in [5.74, 6) is 0.283. The molecule has 0 aliphatic heterocycles. The molecule has 116 valence electrons. The van der Waals surface area contributed by atoms with Gasteiger partial charge in [-0.15, -0.1) is 0 Å². The van der Waals surface area contributed by atoms with Crippen molar-refractivity contribution in [3.8, 4) is 6.07 Å². The number of hydrogen-bond acceptors (Lipinski definition) is 4. The van der Waals surface area contributed by atoms with E-state index in [2.05, 4.69) is 21.9 Å². The molecule has 0 atom stereocenters. The minimum Gasteiger partial charge on any atom is -0.343 e. The zero-order valence-electron chi connectivity index (χ0n) is 12.2. The SMILES string of the molecule is C=CC(C#N)=N/C=C(\C)Nc1cc(CC)c(C(F)(F)F)cn1. The third kappa shape index (κ3) is 4.74. The van der Waals surface area contributed by atoms with Crippen molar-refractivity contribution in [2.24, 2.45) is 4.99 Å². The number of aliphatic imine (C=N–C) groups is 1. The number of allylic oxidation sites excluding steroid dienone is 2. The Labute approximate surface area is 126 Å². The topological polar surface area (TPSA) is 61.1 Å². The number of aromatic nitrogens is 1. The van der Waals surface area contributed by atoms with Crippen molar-refractivity contribution in [3.63, 3.8) is 0 Å². The molecule has 7 heteroatoms. The lowest BCUT2D eigenvalue weighted by Crippen LogP contribution is -2.10. The van der Waals surface area contributed by atoms with Crippen LogP contribution in [0.5, 0.6) is 0 Å². The Morgan fingerprint density at radius 2 is 2.23 bits per heavy atom. The van der Waals surface area contributed by atoms with Crippen LogP contribution in [0.15, 0.2) is 41.8 Å². The van der Waals surface area contributed by atoms with Crippen LogP contribution in [0, 0.1) is 11.3 Å². The third-order valence-electron chi connectivity index (χ3n) is 2.71. The van der Waals surface area contributed by atoms with Gasteiger partial charge in [-0.1, -0.05) is 13.5 Å². The first kappa shape index (κ1) is 17.4. The van der Waals surface area contributed by atoms with Crippen LogP contribution in [0.4, 0.5) is 19.0 Å². The molecule has 22 heavy (non-hydrogen) atoms. The van der Waals surface area contributed by atoms with E-state index in [0.29, 0.717) is 5.70 Å². The van der Waals surface area contributed by atoms with Gasteiger partial charge in [0.25, 0.3) is 0 Å². The summed E-state index contributed by atoms with van der Waals surface area (Å²) in [6.07, 6.45) is -0.692. The highest BCUT2D eigenvalue weighted by Crippen LogP contribution is 2.32. The van der Waals surface area contributed by atoms with E-state index < -0.39 is 11.7 Å². The van der Waals surface area contributed by atoms with E-state index in [1.165, 1.54) is 18.3 Å². The molecule has 1 heterocycles. The number of nitrogens with one attached hydrogen (secondary N) is 1. The summed E-state index contributed by atoms with van der Waals surface area (Å²) >= 11 is 0. The van der Waals surface area contributed by atoms with Gasteiger partial charge in [-0.3, -0.25) is 0 Å². The van der Waals surface area contributed by atoms with Crippen LogP contribution in [0.1, 0.15) is 25.0 Å². The monoisotopic (exact) mass is 308 g/mol. The highest BCUT2D eigenvalue weighted by Gasteiger charge is 2.33. The molecule has 1 N–H and O–H groups in total. The average Bonchev–Trinajstić information content (AvgIpc) is 2.47. The van der Waals surface area contributed by atoms with Gasteiger partial charge in [0.05, 0.1) is 5.56 Å². The normalized spacial score (nSPS) is 12.7. The van der Waals surface area contributed by atoms with E-state index in [1.54, 1.807) is 13.8 Å². The number of pyridine rings is 1. The van der Waals surface area contributed by atoms with Gasteiger partial charge in [-0.05, 0) is 31.1 Å². The number of alkyl halides is 3. The van der Waals surface area contributed by atoms with E-state index in [-0.39, 0.29) is 23.5 Å². The Kier molecular flexibility index (Phi) is 5.87. The summed E-state index contributed by atoms with van der Waals surface area (Å²) in [6, 6.07) is 3.18. The predicted octanol–water partition coefficient (Wildman–Crippen LogP) is 4.09. The maximum absolute atomic E-state index is 12.8. The van der Waals surface area contributed by atoms with Crippen LogP contribution < -0.4 is 5.32 Å². The molecule has 0 fully saturated rings. The summed E-state index contributed by atoms with van der Waals surface area (Å²) in [5.41, 5.74) is 0.0865. The second kappa shape index (κ2) is 7.41. The van der Waals surface area contributed by atoms with Crippen molar-refractivity contribution in [1.82, 2.24) is 4.98 Å². The van der Waals surface area contributed by atoms with Gasteiger partial charge in [-0.25, -0.2) is 9.98 Å².